The van der Waals surface area contributed by atoms with Crippen molar-refractivity contribution in [2.24, 2.45) is 0 Å². The van der Waals surface area contributed by atoms with Crippen molar-refractivity contribution in [3.63, 3.8) is 0 Å². The van der Waals surface area contributed by atoms with E-state index in [-0.39, 0.29) is 35.7 Å². The molecule has 1 N–H and O–H groups in total. The third-order valence-electron chi connectivity index (χ3n) is 8.49. The molecule has 9 heteroatoms. The molecule has 0 spiro atoms. The molecule has 0 aliphatic rings. The molecule has 2 amide bonds. The average molecular weight is 670 g/mol. The number of hydrogen-bond donors (Lipinski definition) is 1. The van der Waals surface area contributed by atoms with Crippen LogP contribution in [0, 0.1) is 6.92 Å². The number of rotatable bonds is 15. The van der Waals surface area contributed by atoms with E-state index in [1.54, 1.807) is 43.5 Å². The van der Waals surface area contributed by atoms with Crippen LogP contribution < -0.4 is 14.4 Å². The summed E-state index contributed by atoms with van der Waals surface area (Å²) in [5.74, 6) is 0.0293. The Kier molecular flexibility index (Phi) is 12.4. The molecule has 0 saturated heterocycles. The van der Waals surface area contributed by atoms with E-state index in [9.17, 15) is 18.0 Å². The Hall–Kier alpha value is -4.63. The van der Waals surface area contributed by atoms with Crippen molar-refractivity contribution in [3.8, 4) is 5.75 Å². The normalized spacial score (nSPS) is 12.6. The number of sulfonamides is 1. The summed E-state index contributed by atoms with van der Waals surface area (Å²) < 4.78 is 35.2. The predicted molar refractivity (Wildman–Crippen MR) is 192 cm³/mol. The van der Waals surface area contributed by atoms with Gasteiger partial charge in [0.1, 0.15) is 18.3 Å². The minimum absolute atomic E-state index is 0.0617. The summed E-state index contributed by atoms with van der Waals surface area (Å²) in [5, 5.41) is 3.07. The van der Waals surface area contributed by atoms with E-state index >= 15 is 0 Å². The van der Waals surface area contributed by atoms with E-state index in [1.807, 2.05) is 87.5 Å². The summed E-state index contributed by atoms with van der Waals surface area (Å²) in [4.78, 5) is 30.3. The second-order valence-corrected chi connectivity index (χ2v) is 14.3. The van der Waals surface area contributed by atoms with Crippen molar-refractivity contribution in [1.82, 2.24) is 10.2 Å². The van der Waals surface area contributed by atoms with Crippen molar-refractivity contribution in [2.45, 2.75) is 76.9 Å². The Morgan fingerprint density at radius 1 is 0.833 bits per heavy atom. The van der Waals surface area contributed by atoms with Crippen molar-refractivity contribution in [3.05, 3.63) is 125 Å². The molecule has 0 radical (unpaired) electrons. The fourth-order valence-corrected chi connectivity index (χ4v) is 6.77. The van der Waals surface area contributed by atoms with Crippen molar-refractivity contribution in [2.75, 3.05) is 18.0 Å². The zero-order valence-corrected chi connectivity index (χ0v) is 29.5. The van der Waals surface area contributed by atoms with Gasteiger partial charge in [-0.15, -0.1) is 0 Å². The lowest BCUT2D eigenvalue weighted by Crippen LogP contribution is -2.54. The van der Waals surface area contributed by atoms with Crippen LogP contribution in [0.25, 0.3) is 0 Å². The van der Waals surface area contributed by atoms with Gasteiger partial charge in [0.05, 0.1) is 17.7 Å². The molecular formula is C39H47N3O5S. The molecule has 0 aliphatic carbocycles. The Labute approximate surface area is 285 Å². The van der Waals surface area contributed by atoms with Gasteiger partial charge in [0, 0.05) is 19.0 Å². The fourth-order valence-electron chi connectivity index (χ4n) is 5.35. The zero-order chi connectivity index (χ0) is 34.8. The molecule has 8 nitrogen and oxygen atoms in total. The van der Waals surface area contributed by atoms with Gasteiger partial charge in [-0.05, 0) is 79.3 Å². The van der Waals surface area contributed by atoms with Crippen LogP contribution in [-0.4, -0.2) is 50.9 Å². The molecule has 0 saturated carbocycles. The van der Waals surface area contributed by atoms with Crippen LogP contribution >= 0.6 is 0 Å². The van der Waals surface area contributed by atoms with Crippen molar-refractivity contribution < 1.29 is 22.7 Å². The van der Waals surface area contributed by atoms with Crippen molar-refractivity contribution >= 4 is 27.5 Å². The maximum Gasteiger partial charge on any atom is 0.264 e. The average Bonchev–Trinajstić information content (AvgIpc) is 3.09. The fraction of sp³-hybridized carbons (Fsp3) is 0.333. The number of carbonyl (C=O) groups excluding carboxylic acids is 2. The second-order valence-electron chi connectivity index (χ2n) is 12.5. The lowest BCUT2D eigenvalue weighted by Gasteiger charge is -2.34. The summed E-state index contributed by atoms with van der Waals surface area (Å²) in [6.45, 7) is 9.46. The topological polar surface area (TPSA) is 96.0 Å². The maximum atomic E-state index is 14.7. The molecule has 2 atom stereocenters. The smallest absolute Gasteiger partial charge is 0.264 e. The molecule has 0 bridgehead atoms. The summed E-state index contributed by atoms with van der Waals surface area (Å²) in [6, 6.07) is 29.6. The summed E-state index contributed by atoms with van der Waals surface area (Å²) in [7, 11) is -2.61. The molecule has 4 rings (SSSR count). The van der Waals surface area contributed by atoms with Gasteiger partial charge in [0.15, 0.2) is 0 Å². The molecule has 48 heavy (non-hydrogen) atoms. The van der Waals surface area contributed by atoms with Crippen LogP contribution in [0.4, 0.5) is 5.69 Å². The van der Waals surface area contributed by atoms with Crippen LogP contribution in [0.1, 0.15) is 62.3 Å². The number of methoxy groups -OCH3 is 1. The predicted octanol–water partition coefficient (Wildman–Crippen LogP) is 6.88. The molecule has 0 unspecified atom stereocenters. The molecule has 0 heterocycles. The van der Waals surface area contributed by atoms with Gasteiger partial charge in [-0.3, -0.25) is 13.9 Å². The van der Waals surface area contributed by atoms with Gasteiger partial charge in [-0.25, -0.2) is 8.42 Å². The highest BCUT2D eigenvalue weighted by Gasteiger charge is 2.35. The van der Waals surface area contributed by atoms with Crippen LogP contribution in [-0.2, 0) is 32.6 Å². The van der Waals surface area contributed by atoms with Crippen LogP contribution in [0.2, 0.25) is 0 Å². The third-order valence-corrected chi connectivity index (χ3v) is 10.3. The van der Waals surface area contributed by atoms with E-state index < -0.39 is 28.5 Å². The summed E-state index contributed by atoms with van der Waals surface area (Å²) >= 11 is 0. The van der Waals surface area contributed by atoms with Crippen LogP contribution in [0.3, 0.4) is 0 Å². The first-order valence-corrected chi connectivity index (χ1v) is 17.8. The van der Waals surface area contributed by atoms with Gasteiger partial charge in [0.2, 0.25) is 11.8 Å². The summed E-state index contributed by atoms with van der Waals surface area (Å²) in [5.41, 5.74) is 3.93. The Balaban J connectivity index is 1.83. The first-order chi connectivity index (χ1) is 22.9. The van der Waals surface area contributed by atoms with E-state index in [2.05, 4.69) is 19.2 Å². The second kappa shape index (κ2) is 16.5. The Bertz CT molecular complexity index is 1760. The molecule has 0 aromatic heterocycles. The van der Waals surface area contributed by atoms with Crippen LogP contribution in [0.5, 0.6) is 5.75 Å². The summed E-state index contributed by atoms with van der Waals surface area (Å²) in [6.07, 6.45) is 0.954. The first kappa shape index (κ1) is 36.2. The lowest BCUT2D eigenvalue weighted by molar-refractivity contribution is -0.140. The zero-order valence-electron chi connectivity index (χ0n) is 28.7. The lowest BCUT2D eigenvalue weighted by atomic mass is 10.0. The van der Waals surface area contributed by atoms with E-state index in [0.29, 0.717) is 17.9 Å². The number of aryl methyl sites for hydroxylation is 1. The molecule has 0 fully saturated rings. The van der Waals surface area contributed by atoms with Gasteiger partial charge < -0.3 is 15.0 Å². The molecular weight excluding hydrogens is 623 g/mol. The van der Waals surface area contributed by atoms with Crippen molar-refractivity contribution in [1.29, 1.82) is 0 Å². The largest absolute Gasteiger partial charge is 0.497 e. The standard InChI is InChI=1S/C39H47N3O5S/c1-7-30(5)40-39(44)37(25-31-12-9-8-10-13-31)41(26-32-14-11-15-35(24-32)47-6)38(43)27-42(34-20-18-33(19-21-34)28(2)3)48(45,46)36-22-16-29(4)17-23-36/h8-24,28,30,37H,7,25-27H2,1-6H3,(H,40,44)/t30-,37-/m1/s1. The minimum Gasteiger partial charge on any atom is -0.497 e. The number of amides is 2. The highest BCUT2D eigenvalue weighted by atomic mass is 32.2. The number of hydrogen-bond acceptors (Lipinski definition) is 5. The quantitative estimate of drug-likeness (QED) is 0.149. The van der Waals surface area contributed by atoms with Gasteiger partial charge in [0.25, 0.3) is 10.0 Å². The number of benzene rings is 4. The Morgan fingerprint density at radius 3 is 2.08 bits per heavy atom. The highest BCUT2D eigenvalue weighted by Crippen LogP contribution is 2.27. The number of nitrogens with zero attached hydrogens (tertiary/aromatic N) is 2. The Morgan fingerprint density at radius 2 is 1.48 bits per heavy atom. The molecule has 254 valence electrons. The monoisotopic (exact) mass is 669 g/mol. The number of nitrogens with one attached hydrogen (secondary N) is 1. The van der Waals surface area contributed by atoms with Gasteiger partial charge in [-0.1, -0.05) is 93.1 Å². The minimum atomic E-state index is -4.18. The van der Waals surface area contributed by atoms with E-state index in [4.69, 9.17) is 4.74 Å². The van der Waals surface area contributed by atoms with E-state index in [1.165, 1.54) is 4.90 Å². The van der Waals surface area contributed by atoms with Gasteiger partial charge in [-0.2, -0.15) is 0 Å². The van der Waals surface area contributed by atoms with Gasteiger partial charge >= 0.3 is 0 Å². The highest BCUT2D eigenvalue weighted by molar-refractivity contribution is 7.92. The van der Waals surface area contributed by atoms with Crippen LogP contribution in [0.15, 0.2) is 108 Å². The molecule has 4 aromatic rings. The SMILES string of the molecule is CC[C@@H](C)NC(=O)[C@@H](Cc1ccccc1)N(Cc1cccc(OC)c1)C(=O)CN(c1ccc(C(C)C)cc1)S(=O)(=O)c1ccc(C)cc1. The number of carbonyl (C=O) groups is 2. The van der Waals surface area contributed by atoms with E-state index in [0.717, 1.165) is 26.6 Å². The maximum absolute atomic E-state index is 14.7. The molecule has 0 aliphatic heterocycles. The molecule has 4 aromatic carbocycles. The number of ether oxygens (including phenoxy) is 1. The number of anilines is 1. The first-order valence-electron chi connectivity index (χ1n) is 16.4. The third kappa shape index (κ3) is 9.25.